The summed E-state index contributed by atoms with van der Waals surface area (Å²) in [6.07, 6.45) is 4.89. The van der Waals surface area contributed by atoms with Gasteiger partial charge in [-0.3, -0.25) is 9.78 Å². The molecule has 0 bridgehead atoms. The lowest BCUT2D eigenvalue weighted by molar-refractivity contribution is 0.0947. The summed E-state index contributed by atoms with van der Waals surface area (Å²) in [7, 11) is 1.62. The first-order valence-electron chi connectivity index (χ1n) is 9.28. The molecule has 0 spiro atoms. The largest absolute Gasteiger partial charge is 0.497 e. The van der Waals surface area contributed by atoms with E-state index in [1.165, 1.54) is 0 Å². The molecule has 2 aromatic carbocycles. The number of nitrogens with one attached hydrogen (secondary N) is 1. The second kappa shape index (κ2) is 8.83. The van der Waals surface area contributed by atoms with Gasteiger partial charge in [-0.1, -0.05) is 18.2 Å². The fourth-order valence-electron chi connectivity index (χ4n) is 2.88. The third kappa shape index (κ3) is 4.25. The molecule has 1 N–H and O–H groups in total. The molecule has 4 rings (SSSR count). The number of amides is 1. The van der Waals surface area contributed by atoms with Crippen LogP contribution < -0.4 is 10.2 Å². The molecule has 2 aromatic heterocycles. The number of hydrazone groups is 1. The van der Waals surface area contributed by atoms with Crippen molar-refractivity contribution in [2.24, 2.45) is 5.10 Å². The Morgan fingerprint density at radius 1 is 1.03 bits per heavy atom. The standard InChI is InChI=1S/C23H19N5O2/c1-30-20-9-7-18(8-10-20)21-15-22(28(27-21)19-5-3-2-4-6-19)23(29)26-25-16-17-11-13-24-14-12-17/h2-16H,1H3,(H,26,29)/b25-16-. The molecule has 0 aliphatic carbocycles. The van der Waals surface area contributed by atoms with Crippen molar-refractivity contribution in [2.75, 3.05) is 7.11 Å². The summed E-state index contributed by atoms with van der Waals surface area (Å²) in [6.45, 7) is 0. The molecule has 4 aromatic rings. The predicted octanol–water partition coefficient (Wildman–Crippen LogP) is 3.71. The highest BCUT2D eigenvalue weighted by molar-refractivity contribution is 5.95. The molecule has 7 heteroatoms. The van der Waals surface area contributed by atoms with Gasteiger partial charge < -0.3 is 4.74 Å². The molecule has 0 radical (unpaired) electrons. The van der Waals surface area contributed by atoms with Gasteiger partial charge in [-0.15, -0.1) is 0 Å². The fourth-order valence-corrected chi connectivity index (χ4v) is 2.88. The molecule has 0 saturated carbocycles. The van der Waals surface area contributed by atoms with Gasteiger partial charge in [0.1, 0.15) is 11.4 Å². The molecule has 0 atom stereocenters. The number of hydrogen-bond acceptors (Lipinski definition) is 5. The van der Waals surface area contributed by atoms with Crippen LogP contribution in [-0.4, -0.2) is 34.0 Å². The molecule has 0 fully saturated rings. The minimum atomic E-state index is -0.364. The van der Waals surface area contributed by atoms with Crippen LogP contribution in [0.3, 0.4) is 0 Å². The quantitative estimate of drug-likeness (QED) is 0.397. The molecular weight excluding hydrogens is 378 g/mol. The number of hydrogen-bond donors (Lipinski definition) is 1. The van der Waals surface area contributed by atoms with Crippen LogP contribution in [0.4, 0.5) is 0 Å². The van der Waals surface area contributed by atoms with Gasteiger partial charge in [-0.05, 0) is 60.2 Å². The average Bonchev–Trinajstić information content (AvgIpc) is 3.26. The van der Waals surface area contributed by atoms with E-state index in [2.05, 4.69) is 20.6 Å². The zero-order valence-corrected chi connectivity index (χ0v) is 16.3. The summed E-state index contributed by atoms with van der Waals surface area (Å²) in [5, 5.41) is 8.70. The highest BCUT2D eigenvalue weighted by Gasteiger charge is 2.17. The monoisotopic (exact) mass is 397 g/mol. The number of methoxy groups -OCH3 is 1. The summed E-state index contributed by atoms with van der Waals surface area (Å²) in [6, 6.07) is 22.3. The molecule has 7 nitrogen and oxygen atoms in total. The minimum Gasteiger partial charge on any atom is -0.497 e. The Morgan fingerprint density at radius 2 is 1.77 bits per heavy atom. The Kier molecular flexibility index (Phi) is 5.61. The highest BCUT2D eigenvalue weighted by Crippen LogP contribution is 2.24. The molecule has 0 saturated heterocycles. The Balaban J connectivity index is 1.65. The van der Waals surface area contributed by atoms with Crippen molar-refractivity contribution in [1.29, 1.82) is 0 Å². The number of carbonyl (C=O) groups excluding carboxylic acids is 1. The van der Waals surface area contributed by atoms with E-state index < -0.39 is 0 Å². The Morgan fingerprint density at radius 3 is 2.47 bits per heavy atom. The van der Waals surface area contributed by atoms with Gasteiger partial charge in [-0.25, -0.2) is 10.1 Å². The van der Waals surface area contributed by atoms with Crippen LogP contribution in [0.15, 0.2) is 90.3 Å². The molecule has 148 valence electrons. The average molecular weight is 397 g/mol. The number of benzene rings is 2. The molecule has 1 amide bonds. The van der Waals surface area contributed by atoms with Crippen LogP contribution in [0.5, 0.6) is 5.75 Å². The van der Waals surface area contributed by atoms with Gasteiger partial charge in [0.2, 0.25) is 0 Å². The van der Waals surface area contributed by atoms with E-state index in [1.54, 1.807) is 48.6 Å². The Labute approximate surface area is 173 Å². The lowest BCUT2D eigenvalue weighted by atomic mass is 10.1. The van der Waals surface area contributed by atoms with Crippen molar-refractivity contribution in [3.63, 3.8) is 0 Å². The molecule has 2 heterocycles. The summed E-state index contributed by atoms with van der Waals surface area (Å²) < 4.78 is 6.82. The lowest BCUT2D eigenvalue weighted by Gasteiger charge is -2.06. The maximum absolute atomic E-state index is 12.9. The first-order valence-corrected chi connectivity index (χ1v) is 9.28. The van der Waals surface area contributed by atoms with Crippen molar-refractivity contribution in [3.8, 4) is 22.7 Å². The number of pyridine rings is 1. The van der Waals surface area contributed by atoms with Gasteiger partial charge in [0.05, 0.1) is 24.7 Å². The molecule has 0 aliphatic heterocycles. The highest BCUT2D eigenvalue weighted by atomic mass is 16.5. The fraction of sp³-hybridized carbons (Fsp3) is 0.0435. The van der Waals surface area contributed by atoms with Crippen molar-refractivity contribution in [2.45, 2.75) is 0 Å². The van der Waals surface area contributed by atoms with Gasteiger partial charge in [0.15, 0.2) is 0 Å². The van der Waals surface area contributed by atoms with E-state index in [0.717, 1.165) is 22.6 Å². The van der Waals surface area contributed by atoms with Gasteiger partial charge in [0, 0.05) is 18.0 Å². The van der Waals surface area contributed by atoms with Gasteiger partial charge >= 0.3 is 0 Å². The summed E-state index contributed by atoms with van der Waals surface area (Å²) >= 11 is 0. The lowest BCUT2D eigenvalue weighted by Crippen LogP contribution is -2.21. The maximum Gasteiger partial charge on any atom is 0.290 e. The van der Waals surface area contributed by atoms with Crippen LogP contribution >= 0.6 is 0 Å². The van der Waals surface area contributed by atoms with Crippen molar-refractivity contribution < 1.29 is 9.53 Å². The normalized spacial score (nSPS) is 10.8. The van der Waals surface area contributed by atoms with Crippen LogP contribution in [0.1, 0.15) is 16.1 Å². The number of rotatable bonds is 6. The van der Waals surface area contributed by atoms with Gasteiger partial charge in [-0.2, -0.15) is 10.2 Å². The van der Waals surface area contributed by atoms with Crippen molar-refractivity contribution in [3.05, 3.63) is 96.4 Å². The third-order valence-electron chi connectivity index (χ3n) is 4.41. The van der Waals surface area contributed by atoms with E-state index >= 15 is 0 Å². The number of ether oxygens (including phenoxy) is 1. The van der Waals surface area contributed by atoms with Crippen LogP contribution in [-0.2, 0) is 0 Å². The summed E-state index contributed by atoms with van der Waals surface area (Å²) in [5.74, 6) is 0.390. The Bertz CT molecular complexity index is 1150. The van der Waals surface area contributed by atoms with E-state index in [4.69, 9.17) is 4.74 Å². The number of aromatic nitrogens is 3. The topological polar surface area (TPSA) is 81.4 Å². The maximum atomic E-state index is 12.9. The zero-order valence-electron chi connectivity index (χ0n) is 16.3. The van der Waals surface area contributed by atoms with Crippen LogP contribution in [0.25, 0.3) is 16.9 Å². The number of para-hydroxylation sites is 1. The van der Waals surface area contributed by atoms with E-state index in [1.807, 2.05) is 54.6 Å². The first-order chi connectivity index (χ1) is 14.7. The van der Waals surface area contributed by atoms with Crippen LogP contribution in [0, 0.1) is 0 Å². The summed E-state index contributed by atoms with van der Waals surface area (Å²) in [5.41, 5.74) is 6.10. The molecule has 30 heavy (non-hydrogen) atoms. The number of carbonyl (C=O) groups is 1. The van der Waals surface area contributed by atoms with E-state index in [0.29, 0.717) is 11.4 Å². The third-order valence-corrected chi connectivity index (χ3v) is 4.41. The predicted molar refractivity (Wildman–Crippen MR) is 115 cm³/mol. The van der Waals surface area contributed by atoms with Gasteiger partial charge in [0.25, 0.3) is 5.91 Å². The van der Waals surface area contributed by atoms with E-state index in [9.17, 15) is 4.79 Å². The van der Waals surface area contributed by atoms with Crippen molar-refractivity contribution >= 4 is 12.1 Å². The minimum absolute atomic E-state index is 0.364. The zero-order chi connectivity index (χ0) is 20.8. The van der Waals surface area contributed by atoms with Crippen LogP contribution in [0.2, 0.25) is 0 Å². The number of nitrogens with zero attached hydrogens (tertiary/aromatic N) is 4. The second-order valence-electron chi connectivity index (χ2n) is 6.37. The Hall–Kier alpha value is -4.26. The summed E-state index contributed by atoms with van der Waals surface area (Å²) in [4.78, 5) is 16.8. The molecule has 0 aliphatic rings. The van der Waals surface area contributed by atoms with E-state index in [-0.39, 0.29) is 5.91 Å². The smallest absolute Gasteiger partial charge is 0.290 e. The second-order valence-corrected chi connectivity index (χ2v) is 6.37. The molecule has 0 unspecified atom stereocenters. The van der Waals surface area contributed by atoms with Crippen molar-refractivity contribution in [1.82, 2.24) is 20.2 Å². The first kappa shape index (κ1) is 19.1. The SMILES string of the molecule is COc1ccc(-c2cc(C(=O)N/N=C\c3ccncc3)n(-c3ccccc3)n2)cc1. The molecular formula is C23H19N5O2.